The van der Waals surface area contributed by atoms with Crippen LogP contribution in [0, 0.1) is 0 Å². The highest BCUT2D eigenvalue weighted by Gasteiger charge is 2.33. The van der Waals surface area contributed by atoms with E-state index in [0.29, 0.717) is 29.0 Å². The molecule has 9 heteroatoms. The normalized spacial score (nSPS) is 21.8. The van der Waals surface area contributed by atoms with Crippen LogP contribution in [-0.4, -0.2) is 51.5 Å². The molecule has 2 heterocycles. The van der Waals surface area contributed by atoms with E-state index < -0.39 is 0 Å². The van der Waals surface area contributed by atoms with Crippen molar-refractivity contribution in [2.75, 3.05) is 28.3 Å². The Kier molecular flexibility index (Phi) is 5.84. The van der Waals surface area contributed by atoms with Crippen molar-refractivity contribution in [2.45, 2.75) is 44.4 Å². The number of halogens is 1. The second-order valence-corrected chi connectivity index (χ2v) is 7.79. The van der Waals surface area contributed by atoms with E-state index >= 15 is 0 Å². The number of benzene rings is 1. The van der Waals surface area contributed by atoms with Gasteiger partial charge in [-0.25, -0.2) is 9.78 Å². The molecular weight excluding hydrogens is 394 g/mol. The van der Waals surface area contributed by atoms with Crippen LogP contribution in [0.4, 0.5) is 22.2 Å². The second-order valence-electron chi connectivity index (χ2n) is 7.39. The number of para-hydroxylation sites is 1. The zero-order chi connectivity index (χ0) is 20.4. The maximum Gasteiger partial charge on any atom is 0.330 e. The van der Waals surface area contributed by atoms with Gasteiger partial charge in [0.1, 0.15) is 5.82 Å². The summed E-state index contributed by atoms with van der Waals surface area (Å²) in [6.45, 7) is 0.239. The van der Waals surface area contributed by atoms with Crippen LogP contribution in [0.1, 0.15) is 31.2 Å². The number of hydrogen-bond donors (Lipinski definition) is 3. The third-order valence-electron chi connectivity index (χ3n) is 5.38. The number of amides is 2. The summed E-state index contributed by atoms with van der Waals surface area (Å²) in [6, 6.07) is 7.07. The number of aliphatic hydroxyl groups excluding tert-OH is 2. The lowest BCUT2D eigenvalue weighted by molar-refractivity contribution is 0.126. The molecule has 4 rings (SSSR count). The number of rotatable bonds is 5. The van der Waals surface area contributed by atoms with Gasteiger partial charge in [0.15, 0.2) is 0 Å². The van der Waals surface area contributed by atoms with E-state index in [2.05, 4.69) is 15.3 Å². The lowest BCUT2D eigenvalue weighted by Crippen LogP contribution is -2.49. The molecule has 0 atom stereocenters. The molecular formula is C20H24ClN5O3. The maximum atomic E-state index is 13.1. The van der Waals surface area contributed by atoms with Gasteiger partial charge in [0.25, 0.3) is 0 Å². The molecule has 1 aliphatic carbocycles. The second kappa shape index (κ2) is 8.52. The lowest BCUT2D eigenvalue weighted by atomic mass is 9.93. The molecule has 0 saturated heterocycles. The first-order valence-electron chi connectivity index (χ1n) is 9.81. The van der Waals surface area contributed by atoms with Crippen molar-refractivity contribution < 1.29 is 15.0 Å². The number of fused-ring (bicyclic) bond motifs is 1. The van der Waals surface area contributed by atoms with Crippen LogP contribution in [0.5, 0.6) is 0 Å². The van der Waals surface area contributed by atoms with Gasteiger partial charge in [-0.15, -0.1) is 0 Å². The predicted molar refractivity (Wildman–Crippen MR) is 111 cm³/mol. The number of β-amino-alcohol motifs (C(OH)–C–C–N with tert-alkyl or cyclic N) is 1. The molecule has 0 bridgehead atoms. The summed E-state index contributed by atoms with van der Waals surface area (Å²) < 4.78 is 0. The fourth-order valence-corrected chi connectivity index (χ4v) is 4.09. The summed E-state index contributed by atoms with van der Waals surface area (Å²) in [7, 11) is 0. The summed E-state index contributed by atoms with van der Waals surface area (Å²) >= 11 is 6.30. The number of hydrogen-bond acceptors (Lipinski definition) is 6. The number of anilines is 3. The largest absolute Gasteiger partial charge is 0.395 e. The molecule has 2 amide bonds. The molecule has 0 spiro atoms. The highest BCUT2D eigenvalue weighted by Crippen LogP contribution is 2.34. The molecule has 0 radical (unpaired) electrons. The van der Waals surface area contributed by atoms with Crippen LogP contribution in [0.15, 0.2) is 30.5 Å². The van der Waals surface area contributed by atoms with Crippen molar-refractivity contribution >= 4 is 35.1 Å². The molecule has 3 N–H and O–H groups in total. The predicted octanol–water partition coefficient (Wildman–Crippen LogP) is 2.78. The number of nitrogens with one attached hydrogen (secondary N) is 1. The van der Waals surface area contributed by atoms with Crippen molar-refractivity contribution in [1.29, 1.82) is 0 Å². The van der Waals surface area contributed by atoms with E-state index in [9.17, 15) is 15.0 Å². The Labute approximate surface area is 174 Å². The van der Waals surface area contributed by atoms with E-state index in [-0.39, 0.29) is 31.3 Å². The molecule has 154 valence electrons. The van der Waals surface area contributed by atoms with Gasteiger partial charge in [0.2, 0.25) is 5.95 Å². The topological polar surface area (TPSA) is 102 Å². The first-order chi connectivity index (χ1) is 14.1. The number of urea groups is 1. The van der Waals surface area contributed by atoms with E-state index in [0.717, 1.165) is 31.2 Å². The minimum absolute atomic E-state index is 0.124. The zero-order valence-electron chi connectivity index (χ0n) is 16.0. The number of carbonyl (C=O) groups excluding carboxylic acids is 1. The summed E-state index contributed by atoms with van der Waals surface area (Å²) in [5.74, 6) is 0.952. The molecule has 1 aromatic carbocycles. The van der Waals surface area contributed by atoms with Crippen molar-refractivity contribution in [3.63, 3.8) is 0 Å². The Morgan fingerprint density at radius 2 is 1.97 bits per heavy atom. The van der Waals surface area contributed by atoms with Crippen molar-refractivity contribution in [2.24, 2.45) is 0 Å². The average molecular weight is 418 g/mol. The lowest BCUT2D eigenvalue weighted by Gasteiger charge is -2.36. The van der Waals surface area contributed by atoms with Gasteiger partial charge in [-0.05, 0) is 37.8 Å². The summed E-state index contributed by atoms with van der Waals surface area (Å²) in [4.78, 5) is 25.2. The van der Waals surface area contributed by atoms with Crippen LogP contribution in [-0.2, 0) is 6.54 Å². The van der Waals surface area contributed by atoms with Gasteiger partial charge in [-0.3, -0.25) is 9.80 Å². The highest BCUT2D eigenvalue weighted by atomic mass is 35.5. The minimum atomic E-state index is -0.287. The van der Waals surface area contributed by atoms with Crippen LogP contribution < -0.4 is 15.1 Å². The van der Waals surface area contributed by atoms with Crippen molar-refractivity contribution in [1.82, 2.24) is 9.97 Å². The molecule has 1 aliphatic heterocycles. The standard InChI is InChI=1S/C20H24ClN5O3/c21-16-3-1-2-4-17(16)26-12-13-11-22-19(23-14-5-7-15(28)8-6-14)24-18(13)25(9-10-27)20(26)29/h1-4,11,14-15,27-28H,5-10,12H2,(H,22,23,24). The molecule has 0 unspecified atom stereocenters. The van der Waals surface area contributed by atoms with Crippen LogP contribution in [0.25, 0.3) is 0 Å². The fourth-order valence-electron chi connectivity index (χ4n) is 3.85. The highest BCUT2D eigenvalue weighted by molar-refractivity contribution is 6.34. The Hall–Kier alpha value is -2.42. The quantitative estimate of drug-likeness (QED) is 0.691. The number of aliphatic hydroxyl groups is 2. The monoisotopic (exact) mass is 417 g/mol. The van der Waals surface area contributed by atoms with E-state index in [1.54, 1.807) is 23.2 Å². The van der Waals surface area contributed by atoms with E-state index in [1.807, 2.05) is 12.1 Å². The van der Waals surface area contributed by atoms with E-state index in [4.69, 9.17) is 11.6 Å². The molecule has 2 aromatic rings. The van der Waals surface area contributed by atoms with Gasteiger partial charge >= 0.3 is 6.03 Å². The number of nitrogens with zero attached hydrogens (tertiary/aromatic N) is 4. The maximum absolute atomic E-state index is 13.1. The first-order valence-corrected chi connectivity index (χ1v) is 10.2. The van der Waals surface area contributed by atoms with Crippen LogP contribution in [0.3, 0.4) is 0 Å². The van der Waals surface area contributed by atoms with Gasteiger partial charge in [0, 0.05) is 17.8 Å². The number of aromatic nitrogens is 2. The summed E-state index contributed by atoms with van der Waals surface area (Å²) in [5, 5.41) is 23.0. The van der Waals surface area contributed by atoms with Gasteiger partial charge in [-0.1, -0.05) is 23.7 Å². The molecule has 1 saturated carbocycles. The van der Waals surface area contributed by atoms with Crippen LogP contribution >= 0.6 is 11.6 Å². The first kappa shape index (κ1) is 19.9. The summed E-state index contributed by atoms with van der Waals surface area (Å²) in [6.07, 6.45) is 4.69. The fraction of sp³-hybridized carbons (Fsp3) is 0.450. The Morgan fingerprint density at radius 3 is 2.69 bits per heavy atom. The zero-order valence-corrected chi connectivity index (χ0v) is 16.7. The SMILES string of the molecule is O=C1N(c2ccccc2Cl)Cc2cnc(NC3CCC(O)CC3)nc2N1CCO. The smallest absolute Gasteiger partial charge is 0.330 e. The van der Waals surface area contributed by atoms with Gasteiger partial charge in [0.05, 0.1) is 36.5 Å². The third-order valence-corrected chi connectivity index (χ3v) is 5.70. The molecule has 2 aliphatic rings. The third kappa shape index (κ3) is 4.14. The summed E-state index contributed by atoms with van der Waals surface area (Å²) in [5.41, 5.74) is 1.39. The van der Waals surface area contributed by atoms with Gasteiger partial charge in [-0.2, -0.15) is 4.98 Å². The Bertz CT molecular complexity index is 888. The molecule has 8 nitrogen and oxygen atoms in total. The van der Waals surface area contributed by atoms with E-state index in [1.165, 1.54) is 4.90 Å². The van der Waals surface area contributed by atoms with Crippen molar-refractivity contribution in [3.05, 3.63) is 41.0 Å². The molecule has 1 fully saturated rings. The number of carbonyl (C=O) groups is 1. The minimum Gasteiger partial charge on any atom is -0.395 e. The molecule has 1 aromatic heterocycles. The van der Waals surface area contributed by atoms with Crippen molar-refractivity contribution in [3.8, 4) is 0 Å². The van der Waals surface area contributed by atoms with Crippen LogP contribution in [0.2, 0.25) is 5.02 Å². The molecule has 29 heavy (non-hydrogen) atoms. The Morgan fingerprint density at radius 1 is 1.21 bits per heavy atom. The van der Waals surface area contributed by atoms with Gasteiger partial charge < -0.3 is 15.5 Å². The Balaban J connectivity index is 1.61. The average Bonchev–Trinajstić information content (AvgIpc) is 2.72.